The van der Waals surface area contributed by atoms with Crippen LogP contribution in [-0.4, -0.2) is 66.3 Å². The zero-order valence-electron chi connectivity index (χ0n) is 13.9. The van der Waals surface area contributed by atoms with Gasteiger partial charge in [0.2, 0.25) is 11.8 Å². The number of allylic oxidation sites excluding steroid dienone is 1. The molecule has 1 aromatic heterocycles. The highest BCUT2D eigenvalue weighted by molar-refractivity contribution is 7.99. The second-order valence-corrected chi connectivity index (χ2v) is 6.48. The van der Waals surface area contributed by atoms with Crippen LogP contribution >= 0.6 is 11.8 Å². The quantitative estimate of drug-likeness (QED) is 0.640. The minimum atomic E-state index is 0.0212. The molecular formula is C16H25N3O3S. The van der Waals surface area contributed by atoms with Crippen molar-refractivity contribution in [1.29, 1.82) is 0 Å². The van der Waals surface area contributed by atoms with Crippen molar-refractivity contribution in [3.63, 3.8) is 0 Å². The zero-order chi connectivity index (χ0) is 16.5. The number of ether oxygens (including phenoxy) is 3. The average molecular weight is 339 g/mol. The van der Waals surface area contributed by atoms with E-state index in [9.17, 15) is 0 Å². The fourth-order valence-electron chi connectivity index (χ4n) is 2.36. The maximum atomic E-state index is 6.03. The summed E-state index contributed by atoms with van der Waals surface area (Å²) < 4.78 is 16.4. The van der Waals surface area contributed by atoms with E-state index in [-0.39, 0.29) is 6.10 Å². The van der Waals surface area contributed by atoms with Crippen LogP contribution in [0.15, 0.2) is 18.7 Å². The summed E-state index contributed by atoms with van der Waals surface area (Å²) in [6, 6.07) is 1.93. The molecule has 1 aliphatic heterocycles. The highest BCUT2D eigenvalue weighted by Gasteiger charge is 2.19. The van der Waals surface area contributed by atoms with Gasteiger partial charge in [-0.2, -0.15) is 21.7 Å². The largest absolute Gasteiger partial charge is 0.481 e. The van der Waals surface area contributed by atoms with Crippen LogP contribution in [-0.2, 0) is 0 Å². The molecule has 0 radical (unpaired) electrons. The molecule has 1 unspecified atom stereocenters. The lowest BCUT2D eigenvalue weighted by Gasteiger charge is -2.30. The molecule has 23 heavy (non-hydrogen) atoms. The van der Waals surface area contributed by atoms with Gasteiger partial charge in [0.05, 0.1) is 20.3 Å². The molecule has 6 nitrogen and oxygen atoms in total. The Morgan fingerprint density at radius 2 is 1.91 bits per heavy atom. The molecule has 2 rings (SSSR count). The van der Waals surface area contributed by atoms with E-state index in [1.54, 1.807) is 20.3 Å². The summed E-state index contributed by atoms with van der Waals surface area (Å²) in [5.41, 5.74) is 0. The van der Waals surface area contributed by atoms with Crippen LogP contribution in [0, 0.1) is 0 Å². The summed E-state index contributed by atoms with van der Waals surface area (Å²) in [7, 11) is 3.12. The number of nitrogens with zero attached hydrogens (tertiary/aromatic N) is 3. The van der Waals surface area contributed by atoms with E-state index in [2.05, 4.69) is 21.4 Å². The van der Waals surface area contributed by atoms with Crippen molar-refractivity contribution in [3.8, 4) is 17.8 Å². The lowest BCUT2D eigenvalue weighted by atomic mass is 10.2. The lowest BCUT2D eigenvalue weighted by Crippen LogP contribution is -2.40. The van der Waals surface area contributed by atoms with Gasteiger partial charge in [0.1, 0.15) is 6.10 Å². The van der Waals surface area contributed by atoms with Gasteiger partial charge in [-0.15, -0.1) is 6.58 Å². The van der Waals surface area contributed by atoms with E-state index in [4.69, 9.17) is 14.2 Å². The highest BCUT2D eigenvalue weighted by atomic mass is 32.2. The molecule has 0 aliphatic carbocycles. The number of hydrogen-bond donors (Lipinski definition) is 0. The Kier molecular flexibility index (Phi) is 7.48. The average Bonchev–Trinajstić information content (AvgIpc) is 2.60. The minimum absolute atomic E-state index is 0.0212. The van der Waals surface area contributed by atoms with E-state index in [0.717, 1.165) is 32.5 Å². The Morgan fingerprint density at radius 3 is 2.48 bits per heavy atom. The van der Waals surface area contributed by atoms with Gasteiger partial charge in [-0.05, 0) is 12.8 Å². The maximum Gasteiger partial charge on any atom is 0.323 e. The SMILES string of the molecule is C=CCCC(CN1CCSCC1)Oc1nc(OC)cc(OC)n1. The molecule has 1 atom stereocenters. The smallest absolute Gasteiger partial charge is 0.323 e. The topological polar surface area (TPSA) is 56.7 Å². The van der Waals surface area contributed by atoms with Crippen LogP contribution in [0.3, 0.4) is 0 Å². The van der Waals surface area contributed by atoms with Gasteiger partial charge in [-0.1, -0.05) is 6.08 Å². The van der Waals surface area contributed by atoms with Gasteiger partial charge in [0.25, 0.3) is 0 Å². The van der Waals surface area contributed by atoms with Gasteiger partial charge in [0, 0.05) is 31.1 Å². The van der Waals surface area contributed by atoms with E-state index in [0.29, 0.717) is 17.8 Å². The molecule has 0 aromatic carbocycles. The maximum absolute atomic E-state index is 6.03. The standard InChI is InChI=1S/C16H25N3O3S/c1-4-5-6-13(12-19-7-9-23-10-8-19)22-16-17-14(20-2)11-15(18-16)21-3/h4,11,13H,1,5-10,12H2,2-3H3. The monoisotopic (exact) mass is 339 g/mol. The first kappa shape index (κ1) is 17.9. The molecule has 0 spiro atoms. The Balaban J connectivity index is 2.04. The summed E-state index contributed by atoms with van der Waals surface area (Å²) in [6.07, 6.45) is 3.72. The molecule has 128 valence electrons. The van der Waals surface area contributed by atoms with Gasteiger partial charge in [-0.25, -0.2) is 0 Å². The van der Waals surface area contributed by atoms with E-state index in [1.807, 2.05) is 17.8 Å². The number of hydrogen-bond acceptors (Lipinski definition) is 7. The van der Waals surface area contributed by atoms with Crippen LogP contribution in [0.25, 0.3) is 0 Å². The third kappa shape index (κ3) is 5.91. The van der Waals surface area contributed by atoms with Gasteiger partial charge >= 0.3 is 6.01 Å². The van der Waals surface area contributed by atoms with Crippen LogP contribution < -0.4 is 14.2 Å². The van der Waals surface area contributed by atoms with Crippen molar-refractivity contribution in [3.05, 3.63) is 18.7 Å². The van der Waals surface area contributed by atoms with Crippen molar-refractivity contribution >= 4 is 11.8 Å². The fraction of sp³-hybridized carbons (Fsp3) is 0.625. The molecule has 1 aromatic rings. The summed E-state index contributed by atoms with van der Waals surface area (Å²) >= 11 is 2.00. The highest BCUT2D eigenvalue weighted by Crippen LogP contribution is 2.21. The molecule has 0 N–H and O–H groups in total. The Hall–Kier alpha value is -1.47. The van der Waals surface area contributed by atoms with Crippen molar-refractivity contribution < 1.29 is 14.2 Å². The molecular weight excluding hydrogens is 314 g/mol. The summed E-state index contributed by atoms with van der Waals surface area (Å²) in [4.78, 5) is 10.9. The van der Waals surface area contributed by atoms with Crippen LogP contribution in [0.1, 0.15) is 12.8 Å². The first-order chi connectivity index (χ1) is 11.2. The van der Waals surface area contributed by atoms with E-state index >= 15 is 0 Å². The summed E-state index contributed by atoms with van der Waals surface area (Å²) in [5.74, 6) is 3.22. The van der Waals surface area contributed by atoms with Crippen molar-refractivity contribution in [1.82, 2.24) is 14.9 Å². The molecule has 0 amide bonds. The Labute approximate surface area is 142 Å². The van der Waals surface area contributed by atoms with Crippen molar-refractivity contribution in [2.24, 2.45) is 0 Å². The Morgan fingerprint density at radius 1 is 1.26 bits per heavy atom. The number of rotatable bonds is 9. The zero-order valence-corrected chi connectivity index (χ0v) is 14.7. The second-order valence-electron chi connectivity index (χ2n) is 5.25. The molecule has 1 saturated heterocycles. The summed E-state index contributed by atoms with van der Waals surface area (Å²) in [5, 5.41) is 0. The van der Waals surface area contributed by atoms with Crippen molar-refractivity contribution in [2.75, 3.05) is 45.4 Å². The fourth-order valence-corrected chi connectivity index (χ4v) is 3.34. The Bertz CT molecular complexity index is 473. The van der Waals surface area contributed by atoms with Gasteiger partial charge < -0.3 is 14.2 Å². The van der Waals surface area contributed by atoms with Crippen LogP contribution in [0.2, 0.25) is 0 Å². The van der Waals surface area contributed by atoms with Gasteiger partial charge in [-0.3, -0.25) is 4.90 Å². The minimum Gasteiger partial charge on any atom is -0.481 e. The second kappa shape index (κ2) is 9.62. The van der Waals surface area contributed by atoms with Gasteiger partial charge in [0.15, 0.2) is 0 Å². The normalized spacial score (nSPS) is 16.6. The predicted molar refractivity (Wildman–Crippen MR) is 92.7 cm³/mol. The van der Waals surface area contributed by atoms with Crippen molar-refractivity contribution in [2.45, 2.75) is 18.9 Å². The summed E-state index contributed by atoms with van der Waals surface area (Å²) in [6.45, 7) is 6.87. The van der Waals surface area contributed by atoms with Crippen LogP contribution in [0.5, 0.6) is 17.8 Å². The molecule has 0 saturated carbocycles. The predicted octanol–water partition coefficient (Wildman–Crippen LogP) is 2.26. The first-order valence-corrected chi connectivity index (χ1v) is 8.95. The lowest BCUT2D eigenvalue weighted by molar-refractivity contribution is 0.120. The molecule has 7 heteroatoms. The number of methoxy groups -OCH3 is 2. The third-order valence-electron chi connectivity index (χ3n) is 3.61. The van der Waals surface area contributed by atoms with Crippen LogP contribution in [0.4, 0.5) is 0 Å². The molecule has 0 bridgehead atoms. The van der Waals surface area contributed by atoms with E-state index in [1.165, 1.54) is 11.5 Å². The number of thioether (sulfide) groups is 1. The molecule has 2 heterocycles. The molecule has 1 aliphatic rings. The third-order valence-corrected chi connectivity index (χ3v) is 4.55. The first-order valence-electron chi connectivity index (χ1n) is 7.80. The van der Waals surface area contributed by atoms with E-state index < -0.39 is 0 Å². The molecule has 1 fully saturated rings. The number of aromatic nitrogens is 2.